The van der Waals surface area contributed by atoms with Crippen molar-refractivity contribution in [3.63, 3.8) is 0 Å². The van der Waals surface area contributed by atoms with E-state index in [1.165, 1.54) is 13.1 Å². The van der Waals surface area contributed by atoms with Gasteiger partial charge in [-0.2, -0.15) is 0 Å². The maximum atomic E-state index is 12.9. The van der Waals surface area contributed by atoms with Crippen molar-refractivity contribution in [2.24, 2.45) is 0 Å². The number of phosphoric ester groups is 1. The molecule has 2 N–H and O–H groups in total. The molecule has 4 rings (SSSR count). The zero-order valence-electron chi connectivity index (χ0n) is 14.3. The number of hydrogen-bond donors (Lipinski definition) is 2. The van der Waals surface area contributed by atoms with E-state index in [1.54, 1.807) is 21.6 Å². The summed E-state index contributed by atoms with van der Waals surface area (Å²) in [7, 11) is -0.526. The highest BCUT2D eigenvalue weighted by Gasteiger charge is 2.60. The van der Waals surface area contributed by atoms with Gasteiger partial charge in [0.05, 0.1) is 12.7 Å². The van der Waals surface area contributed by atoms with Gasteiger partial charge in [0, 0.05) is 23.8 Å². The number of aromatic nitrogens is 2. The Morgan fingerprint density at radius 3 is 2.96 bits per heavy atom. The molecule has 0 spiro atoms. The Labute approximate surface area is 161 Å². The van der Waals surface area contributed by atoms with Crippen molar-refractivity contribution in [1.82, 2.24) is 9.55 Å². The molecule has 3 fully saturated rings. The van der Waals surface area contributed by atoms with Crippen LogP contribution in [0.25, 0.3) is 0 Å². The number of aromatic amines is 1. The molecule has 27 heavy (non-hydrogen) atoms. The van der Waals surface area contributed by atoms with E-state index < -0.39 is 43.1 Å². The highest BCUT2D eigenvalue weighted by molar-refractivity contribution is 8.76. The molecular weight excluding hydrogens is 419 g/mol. The zero-order valence-corrected chi connectivity index (χ0v) is 16.8. The van der Waals surface area contributed by atoms with Gasteiger partial charge in [0.15, 0.2) is 6.23 Å². The Morgan fingerprint density at radius 2 is 2.26 bits per heavy atom. The Bertz CT molecular complexity index is 867. The van der Waals surface area contributed by atoms with Crippen molar-refractivity contribution < 1.29 is 28.0 Å². The van der Waals surface area contributed by atoms with E-state index in [0.717, 1.165) is 22.8 Å². The summed E-state index contributed by atoms with van der Waals surface area (Å²) < 4.78 is 36.2. The summed E-state index contributed by atoms with van der Waals surface area (Å²) in [6.07, 6.45) is -1.22. The third kappa shape index (κ3) is 3.82. The number of nitrogens with one attached hydrogen (secondary N) is 1. The number of rotatable bonds is 3. The van der Waals surface area contributed by atoms with Crippen LogP contribution in [0.2, 0.25) is 0 Å². The number of nitrogens with zero attached hydrogens (tertiary/aromatic N) is 1. The first-order valence-electron chi connectivity index (χ1n) is 8.34. The maximum Gasteiger partial charge on any atom is 0.475 e. The second kappa shape index (κ2) is 7.34. The smallest absolute Gasteiger partial charge is 0.383 e. The first-order chi connectivity index (χ1) is 12.8. The lowest BCUT2D eigenvalue weighted by Crippen LogP contribution is -2.49. The number of H-pyrrole nitrogens is 1. The molecule has 1 aromatic heterocycles. The molecule has 3 saturated heterocycles. The van der Waals surface area contributed by atoms with Gasteiger partial charge in [-0.15, -0.1) is 0 Å². The van der Waals surface area contributed by atoms with Gasteiger partial charge in [-0.3, -0.25) is 27.9 Å². The van der Waals surface area contributed by atoms with Crippen molar-refractivity contribution in [2.75, 3.05) is 18.1 Å². The molecule has 0 aromatic carbocycles. The summed E-state index contributed by atoms with van der Waals surface area (Å²) in [6, 6.07) is 1.15. The van der Waals surface area contributed by atoms with Gasteiger partial charge in [0.1, 0.15) is 17.8 Å². The predicted molar refractivity (Wildman–Crippen MR) is 98.7 cm³/mol. The number of ether oxygens (including phenoxy) is 1. The van der Waals surface area contributed by atoms with Crippen LogP contribution in [0.15, 0.2) is 21.9 Å². The summed E-state index contributed by atoms with van der Waals surface area (Å²) in [5.41, 5.74) is -3.00. The first-order valence-corrected chi connectivity index (χ1v) is 12.3. The van der Waals surface area contributed by atoms with E-state index in [-0.39, 0.29) is 12.7 Å². The van der Waals surface area contributed by atoms with Crippen molar-refractivity contribution >= 4 is 29.4 Å². The molecule has 0 aliphatic carbocycles. The molecule has 0 saturated carbocycles. The van der Waals surface area contributed by atoms with Crippen LogP contribution in [-0.4, -0.2) is 56.7 Å². The van der Waals surface area contributed by atoms with Crippen molar-refractivity contribution in [2.45, 2.75) is 43.5 Å². The third-order valence-corrected chi connectivity index (χ3v) is 8.59. The Hall–Kier alpha value is -0.590. The fraction of sp³-hybridized carbons (Fsp3) is 0.714. The van der Waals surface area contributed by atoms with Gasteiger partial charge in [-0.25, -0.2) is 9.36 Å². The quantitative estimate of drug-likeness (QED) is 0.518. The predicted octanol–water partition coefficient (Wildman–Crippen LogP) is 0.879. The van der Waals surface area contributed by atoms with E-state index in [0.29, 0.717) is 5.75 Å². The van der Waals surface area contributed by atoms with Crippen LogP contribution < -0.4 is 11.2 Å². The molecule has 3 unspecified atom stereocenters. The Balaban J connectivity index is 1.55. The van der Waals surface area contributed by atoms with Crippen LogP contribution >= 0.6 is 29.4 Å². The third-order valence-electron chi connectivity index (χ3n) is 4.60. The van der Waals surface area contributed by atoms with Gasteiger partial charge in [0.25, 0.3) is 5.56 Å². The minimum atomic E-state index is -3.88. The second-order valence-electron chi connectivity index (χ2n) is 6.66. The highest BCUT2D eigenvalue weighted by Crippen LogP contribution is 2.59. The average Bonchev–Trinajstić information content (AvgIpc) is 2.86. The first kappa shape index (κ1) is 19.7. The lowest BCUT2D eigenvalue weighted by Gasteiger charge is -2.36. The molecule has 1 aromatic rings. The van der Waals surface area contributed by atoms with E-state index >= 15 is 0 Å². The molecule has 0 radical (unpaired) electrons. The largest absolute Gasteiger partial charge is 0.475 e. The van der Waals surface area contributed by atoms with Crippen LogP contribution in [-0.2, 0) is 22.9 Å². The van der Waals surface area contributed by atoms with Gasteiger partial charge >= 0.3 is 13.5 Å². The van der Waals surface area contributed by atoms with E-state index in [2.05, 4.69) is 4.98 Å². The number of phosphoric acid groups is 1. The number of fused-ring (bicyclic) bond motifs is 1. The number of hydrogen-bond acceptors (Lipinski definition) is 10. The van der Waals surface area contributed by atoms with Gasteiger partial charge < -0.3 is 9.84 Å². The van der Waals surface area contributed by atoms with Gasteiger partial charge in [-0.1, -0.05) is 21.6 Å². The summed E-state index contributed by atoms with van der Waals surface area (Å²) in [5.74, 6) is 1.54. The van der Waals surface area contributed by atoms with Gasteiger partial charge in [0.2, 0.25) is 0 Å². The lowest BCUT2D eigenvalue weighted by molar-refractivity contribution is -0.0948. The fourth-order valence-electron chi connectivity index (χ4n) is 3.25. The fourth-order valence-corrected chi connectivity index (χ4v) is 7.37. The normalized spacial score (nSPS) is 42.0. The Kier molecular flexibility index (Phi) is 5.36. The van der Waals surface area contributed by atoms with Crippen molar-refractivity contribution in [1.29, 1.82) is 0 Å². The van der Waals surface area contributed by atoms with Crippen LogP contribution in [0, 0.1) is 0 Å². The molecule has 0 amide bonds. The Morgan fingerprint density at radius 1 is 1.44 bits per heavy atom. The average molecular weight is 438 g/mol. The zero-order chi connectivity index (χ0) is 19.2. The highest BCUT2D eigenvalue weighted by atomic mass is 33.1. The molecule has 3 aliphatic rings. The minimum absolute atomic E-state index is 0.110. The molecule has 6 atom stereocenters. The molecule has 10 nitrogen and oxygen atoms in total. The monoisotopic (exact) mass is 438 g/mol. The topological polar surface area (TPSA) is 129 Å². The summed E-state index contributed by atoms with van der Waals surface area (Å²) in [5, 5.41) is 11.0. The standard InChI is InChI=1S/C14H19N2O8PS2/c1-14(19)11-9(22-12(14)16-4-2-10(17)15-13(16)18)6-21-25(20,24-11)23-8-3-5-26-27-7-8/h2,4,8-9,11-12,19H,3,5-7H2,1H3,(H,15,17,18)/t8?,9?,11-,12-,14-,25?/m1/s1. The van der Waals surface area contributed by atoms with Crippen LogP contribution in [0.3, 0.4) is 0 Å². The SMILES string of the molecule is C[C@@]1(O)[C@@H]2OP(=O)(OC3CCSSC3)OCC2O[C@H]1n1ccc(=O)[nH]c1=O. The molecule has 0 bridgehead atoms. The van der Waals surface area contributed by atoms with Crippen LogP contribution in [0.5, 0.6) is 0 Å². The lowest BCUT2D eigenvalue weighted by atomic mass is 9.96. The van der Waals surface area contributed by atoms with Crippen molar-refractivity contribution in [3.05, 3.63) is 33.1 Å². The number of aliphatic hydroxyl groups is 1. The summed E-state index contributed by atoms with van der Waals surface area (Å²) in [6.45, 7) is 1.31. The van der Waals surface area contributed by atoms with E-state index in [9.17, 15) is 19.3 Å². The molecular formula is C14H19N2O8PS2. The van der Waals surface area contributed by atoms with Crippen LogP contribution in [0.1, 0.15) is 19.6 Å². The summed E-state index contributed by atoms with van der Waals surface area (Å²) >= 11 is 0. The van der Waals surface area contributed by atoms with E-state index in [1.807, 2.05) is 0 Å². The van der Waals surface area contributed by atoms with Gasteiger partial charge in [-0.05, 0) is 13.3 Å². The molecule has 4 heterocycles. The molecule has 3 aliphatic heterocycles. The molecule has 13 heteroatoms. The molecule has 150 valence electrons. The minimum Gasteiger partial charge on any atom is -0.383 e. The van der Waals surface area contributed by atoms with Crippen molar-refractivity contribution in [3.8, 4) is 0 Å². The van der Waals surface area contributed by atoms with E-state index in [4.69, 9.17) is 18.3 Å². The maximum absolute atomic E-state index is 12.9. The van der Waals surface area contributed by atoms with Crippen LogP contribution in [0.4, 0.5) is 0 Å². The second-order valence-corrected chi connectivity index (χ2v) is 10.9. The summed E-state index contributed by atoms with van der Waals surface area (Å²) in [4.78, 5) is 25.5.